The zero-order chi connectivity index (χ0) is 18.4. The molecule has 0 amide bonds. The highest BCUT2D eigenvalue weighted by Gasteiger charge is 2.20. The number of hydrogen-bond acceptors (Lipinski definition) is 5. The maximum atomic E-state index is 9.28. The van der Waals surface area contributed by atoms with Gasteiger partial charge in [0.05, 0.1) is 5.56 Å². The van der Waals surface area contributed by atoms with Gasteiger partial charge in [0, 0.05) is 11.9 Å². The molecule has 0 spiro atoms. The smallest absolute Gasteiger partial charge is 0.166 e. The van der Waals surface area contributed by atoms with Crippen LogP contribution < -0.4 is 5.73 Å². The van der Waals surface area contributed by atoms with Crippen LogP contribution in [0.1, 0.15) is 23.2 Å². The molecule has 0 bridgehead atoms. The predicted octanol–water partition coefficient (Wildman–Crippen LogP) is 3.43. The van der Waals surface area contributed by atoms with E-state index in [1.54, 1.807) is 12.3 Å². The number of aromatic nitrogens is 4. The molecule has 0 unspecified atom stereocenters. The molecule has 2 N–H and O–H groups in total. The summed E-state index contributed by atoms with van der Waals surface area (Å²) in [6.07, 6.45) is 5.05. The fourth-order valence-electron chi connectivity index (χ4n) is 3.75. The van der Waals surface area contributed by atoms with E-state index in [9.17, 15) is 5.26 Å². The number of nitrogens with two attached hydrogens (primary N) is 1. The third-order valence-corrected chi connectivity index (χ3v) is 5.04. The highest BCUT2D eigenvalue weighted by atomic mass is 15.1. The van der Waals surface area contributed by atoms with Crippen LogP contribution in [0.25, 0.3) is 28.2 Å². The van der Waals surface area contributed by atoms with Gasteiger partial charge in [0.25, 0.3) is 0 Å². The van der Waals surface area contributed by atoms with Crippen molar-refractivity contribution in [2.45, 2.75) is 19.3 Å². The Morgan fingerprint density at radius 3 is 2.78 bits per heavy atom. The second kappa shape index (κ2) is 5.92. The molecule has 1 aliphatic rings. The first kappa shape index (κ1) is 15.5. The second-order valence-corrected chi connectivity index (χ2v) is 6.66. The van der Waals surface area contributed by atoms with E-state index in [0.29, 0.717) is 28.5 Å². The Morgan fingerprint density at radius 1 is 1.04 bits per heavy atom. The van der Waals surface area contributed by atoms with Crippen molar-refractivity contribution in [1.82, 2.24) is 19.5 Å². The van der Waals surface area contributed by atoms with Crippen LogP contribution in [0.4, 0.5) is 5.82 Å². The zero-order valence-electron chi connectivity index (χ0n) is 14.6. The van der Waals surface area contributed by atoms with Crippen LogP contribution in [0.3, 0.4) is 0 Å². The van der Waals surface area contributed by atoms with Crippen LogP contribution in [0, 0.1) is 11.3 Å². The van der Waals surface area contributed by atoms with Gasteiger partial charge in [0.2, 0.25) is 0 Å². The minimum atomic E-state index is 0.357. The molecule has 4 aromatic rings. The summed E-state index contributed by atoms with van der Waals surface area (Å²) in [7, 11) is 0. The number of benzene rings is 1. The van der Waals surface area contributed by atoms with Gasteiger partial charge in [-0.1, -0.05) is 6.07 Å². The molecule has 1 aromatic carbocycles. The molecule has 1 aliphatic carbocycles. The number of aryl methyl sites for hydroxylation is 2. The zero-order valence-corrected chi connectivity index (χ0v) is 14.6. The standard InChI is InChI=1S/C21H16N6/c22-12-15-7-9-18-21(25-15)27(16-8-6-13-3-1-4-14(13)11-16)20(26-18)17-5-2-10-24-19(17)23/h2,5-11H,1,3-4H2,(H2,23,24). The molecule has 130 valence electrons. The average Bonchev–Trinajstić information content (AvgIpc) is 3.31. The lowest BCUT2D eigenvalue weighted by Gasteiger charge is -2.11. The topological polar surface area (TPSA) is 93.4 Å². The first-order valence-corrected chi connectivity index (χ1v) is 8.87. The van der Waals surface area contributed by atoms with Gasteiger partial charge in [-0.15, -0.1) is 0 Å². The fourth-order valence-corrected chi connectivity index (χ4v) is 3.75. The van der Waals surface area contributed by atoms with Crippen LogP contribution in [0.2, 0.25) is 0 Å². The molecule has 0 aliphatic heterocycles. The molecule has 3 heterocycles. The van der Waals surface area contributed by atoms with Crippen molar-refractivity contribution in [3.8, 4) is 23.1 Å². The summed E-state index contributed by atoms with van der Waals surface area (Å²) in [6.45, 7) is 0. The Morgan fingerprint density at radius 2 is 1.93 bits per heavy atom. The molecule has 5 rings (SSSR count). The summed E-state index contributed by atoms with van der Waals surface area (Å²) < 4.78 is 1.97. The van der Waals surface area contributed by atoms with Crippen molar-refractivity contribution in [1.29, 1.82) is 5.26 Å². The first-order valence-electron chi connectivity index (χ1n) is 8.87. The molecule has 0 fully saturated rings. The summed E-state index contributed by atoms with van der Waals surface area (Å²) in [5, 5.41) is 9.28. The van der Waals surface area contributed by atoms with Crippen LogP contribution in [0.15, 0.2) is 48.7 Å². The lowest BCUT2D eigenvalue weighted by Crippen LogP contribution is -2.03. The lowest BCUT2D eigenvalue weighted by atomic mass is 10.1. The normalized spacial score (nSPS) is 12.9. The Balaban J connectivity index is 1.84. The lowest BCUT2D eigenvalue weighted by molar-refractivity contribution is 0.911. The summed E-state index contributed by atoms with van der Waals surface area (Å²) in [5.41, 5.74) is 12.3. The highest BCUT2D eigenvalue weighted by molar-refractivity contribution is 5.83. The van der Waals surface area contributed by atoms with Crippen molar-refractivity contribution >= 4 is 17.0 Å². The largest absolute Gasteiger partial charge is 0.383 e. The minimum absolute atomic E-state index is 0.357. The van der Waals surface area contributed by atoms with Crippen LogP contribution in [0.5, 0.6) is 0 Å². The predicted molar refractivity (Wildman–Crippen MR) is 103 cm³/mol. The van der Waals surface area contributed by atoms with Gasteiger partial charge < -0.3 is 5.73 Å². The third kappa shape index (κ3) is 2.44. The summed E-state index contributed by atoms with van der Waals surface area (Å²) >= 11 is 0. The van der Waals surface area contributed by atoms with Crippen molar-refractivity contribution in [2.75, 3.05) is 5.73 Å². The number of imidazole rings is 1. The molecule has 0 radical (unpaired) electrons. The van der Waals surface area contributed by atoms with E-state index in [0.717, 1.165) is 24.1 Å². The number of fused-ring (bicyclic) bond motifs is 2. The molecule has 6 nitrogen and oxygen atoms in total. The van der Waals surface area contributed by atoms with E-state index in [2.05, 4.69) is 34.2 Å². The van der Waals surface area contributed by atoms with Crippen LogP contribution >= 0.6 is 0 Å². The monoisotopic (exact) mass is 352 g/mol. The third-order valence-electron chi connectivity index (χ3n) is 5.04. The Hall–Kier alpha value is -3.72. The van der Waals surface area contributed by atoms with E-state index < -0.39 is 0 Å². The van der Waals surface area contributed by atoms with Crippen LogP contribution in [-0.4, -0.2) is 19.5 Å². The number of nitriles is 1. The molecule has 0 atom stereocenters. The van der Waals surface area contributed by atoms with Gasteiger partial charge in [-0.3, -0.25) is 4.57 Å². The number of rotatable bonds is 2. The quantitative estimate of drug-likeness (QED) is 0.596. The van der Waals surface area contributed by atoms with E-state index in [-0.39, 0.29) is 0 Å². The molecular formula is C21H16N6. The van der Waals surface area contributed by atoms with Crippen molar-refractivity contribution < 1.29 is 0 Å². The van der Waals surface area contributed by atoms with Gasteiger partial charge in [0.1, 0.15) is 23.1 Å². The van der Waals surface area contributed by atoms with Crippen molar-refractivity contribution in [3.05, 3.63) is 65.5 Å². The van der Waals surface area contributed by atoms with E-state index in [1.165, 1.54) is 17.5 Å². The fraction of sp³-hybridized carbons (Fsp3) is 0.143. The number of pyridine rings is 2. The number of nitrogen functional groups attached to an aromatic ring is 1. The average molecular weight is 352 g/mol. The number of hydrogen-bond donors (Lipinski definition) is 1. The second-order valence-electron chi connectivity index (χ2n) is 6.66. The van der Waals surface area contributed by atoms with Gasteiger partial charge >= 0.3 is 0 Å². The molecule has 0 saturated heterocycles. The van der Waals surface area contributed by atoms with Gasteiger partial charge in [0.15, 0.2) is 11.5 Å². The summed E-state index contributed by atoms with van der Waals surface area (Å²) in [4.78, 5) is 13.5. The molecule has 0 saturated carbocycles. The van der Waals surface area contributed by atoms with Gasteiger partial charge in [-0.05, 0) is 66.8 Å². The Bertz CT molecular complexity index is 1230. The van der Waals surface area contributed by atoms with Crippen molar-refractivity contribution in [2.24, 2.45) is 0 Å². The van der Waals surface area contributed by atoms with Gasteiger partial charge in [-0.2, -0.15) is 5.26 Å². The highest BCUT2D eigenvalue weighted by Crippen LogP contribution is 2.32. The molecule has 6 heteroatoms. The van der Waals surface area contributed by atoms with E-state index >= 15 is 0 Å². The number of nitrogens with zero attached hydrogens (tertiary/aromatic N) is 5. The Labute approximate surface area is 155 Å². The molecular weight excluding hydrogens is 336 g/mol. The minimum Gasteiger partial charge on any atom is -0.383 e. The number of anilines is 1. The summed E-state index contributed by atoms with van der Waals surface area (Å²) in [6, 6.07) is 15.8. The maximum Gasteiger partial charge on any atom is 0.166 e. The van der Waals surface area contributed by atoms with E-state index in [4.69, 9.17) is 10.7 Å². The van der Waals surface area contributed by atoms with Crippen LogP contribution in [-0.2, 0) is 12.8 Å². The molecule has 3 aromatic heterocycles. The first-order chi connectivity index (χ1) is 13.2. The SMILES string of the molecule is N#Cc1ccc2nc(-c3cccnc3N)n(-c3ccc4c(c3)CCC4)c2n1. The van der Waals surface area contributed by atoms with Gasteiger partial charge in [-0.25, -0.2) is 15.0 Å². The molecule has 27 heavy (non-hydrogen) atoms. The maximum absolute atomic E-state index is 9.28. The summed E-state index contributed by atoms with van der Waals surface area (Å²) in [5.74, 6) is 1.09. The van der Waals surface area contributed by atoms with Crippen molar-refractivity contribution in [3.63, 3.8) is 0 Å². The Kier molecular flexibility index (Phi) is 3.41. The van der Waals surface area contributed by atoms with E-state index in [1.807, 2.05) is 22.8 Å².